The van der Waals surface area contributed by atoms with Crippen molar-refractivity contribution in [1.29, 1.82) is 0 Å². The lowest BCUT2D eigenvalue weighted by Crippen LogP contribution is -2.19. The summed E-state index contributed by atoms with van der Waals surface area (Å²) in [6.07, 6.45) is 0. The Bertz CT molecular complexity index is 371. The van der Waals surface area contributed by atoms with Crippen LogP contribution in [0.15, 0.2) is 12.1 Å². The Hall–Kier alpha value is -0.350. The molecule has 0 radical (unpaired) electrons. The SMILES string of the molecule is O=C(Nc1c(Cl)cc(O)cc1Cl)C(Cl)Cl. The van der Waals surface area contributed by atoms with Crippen LogP contribution in [0.1, 0.15) is 0 Å². The Balaban J connectivity index is 3.00. The predicted octanol–water partition coefficient (Wildman–Crippen LogP) is 3.44. The fourth-order valence-corrected chi connectivity index (χ4v) is 1.54. The van der Waals surface area contributed by atoms with Gasteiger partial charge in [0.2, 0.25) is 0 Å². The van der Waals surface area contributed by atoms with E-state index in [9.17, 15) is 4.79 Å². The van der Waals surface area contributed by atoms with Crippen LogP contribution in [-0.4, -0.2) is 15.8 Å². The number of halogens is 4. The lowest BCUT2D eigenvalue weighted by Gasteiger charge is -2.09. The van der Waals surface area contributed by atoms with Gasteiger partial charge in [-0.3, -0.25) is 4.79 Å². The molecule has 0 aromatic heterocycles. The van der Waals surface area contributed by atoms with Gasteiger partial charge in [0.05, 0.1) is 15.7 Å². The maximum absolute atomic E-state index is 11.1. The number of anilines is 1. The van der Waals surface area contributed by atoms with E-state index in [4.69, 9.17) is 51.5 Å². The Morgan fingerprint density at radius 3 is 2.13 bits per heavy atom. The third-order valence-electron chi connectivity index (χ3n) is 1.47. The lowest BCUT2D eigenvalue weighted by molar-refractivity contribution is -0.114. The van der Waals surface area contributed by atoms with Crippen LogP contribution in [0, 0.1) is 0 Å². The van der Waals surface area contributed by atoms with Gasteiger partial charge in [-0.2, -0.15) is 0 Å². The molecule has 1 aromatic carbocycles. The van der Waals surface area contributed by atoms with E-state index in [1.165, 1.54) is 12.1 Å². The molecule has 7 heteroatoms. The van der Waals surface area contributed by atoms with Gasteiger partial charge in [-0.05, 0) is 0 Å². The minimum Gasteiger partial charge on any atom is -0.508 e. The zero-order chi connectivity index (χ0) is 11.6. The molecule has 0 aliphatic rings. The van der Waals surface area contributed by atoms with Crippen molar-refractivity contribution in [1.82, 2.24) is 0 Å². The molecule has 0 unspecified atom stereocenters. The normalized spacial score (nSPS) is 10.5. The molecule has 0 saturated heterocycles. The van der Waals surface area contributed by atoms with Gasteiger partial charge in [0, 0.05) is 12.1 Å². The smallest absolute Gasteiger partial charge is 0.257 e. The number of carbonyl (C=O) groups excluding carboxylic acids is 1. The monoisotopic (exact) mass is 287 g/mol. The second-order valence-electron chi connectivity index (χ2n) is 2.57. The van der Waals surface area contributed by atoms with Gasteiger partial charge < -0.3 is 10.4 Å². The zero-order valence-electron chi connectivity index (χ0n) is 7.10. The number of amides is 1. The van der Waals surface area contributed by atoms with E-state index in [1.54, 1.807) is 0 Å². The van der Waals surface area contributed by atoms with Crippen LogP contribution in [0.25, 0.3) is 0 Å². The van der Waals surface area contributed by atoms with Crippen LogP contribution >= 0.6 is 46.4 Å². The Morgan fingerprint density at radius 1 is 1.27 bits per heavy atom. The van der Waals surface area contributed by atoms with Gasteiger partial charge in [0.1, 0.15) is 5.75 Å². The highest BCUT2D eigenvalue weighted by Gasteiger charge is 2.16. The van der Waals surface area contributed by atoms with Crippen LogP contribution in [0.4, 0.5) is 5.69 Å². The minimum atomic E-state index is -1.22. The molecule has 0 aliphatic heterocycles. The van der Waals surface area contributed by atoms with E-state index in [2.05, 4.69) is 5.32 Å². The zero-order valence-corrected chi connectivity index (χ0v) is 10.1. The molecule has 82 valence electrons. The van der Waals surface area contributed by atoms with Crippen LogP contribution in [0.3, 0.4) is 0 Å². The van der Waals surface area contributed by atoms with Crippen molar-refractivity contribution in [3.8, 4) is 5.75 Å². The molecule has 1 amide bonds. The summed E-state index contributed by atoms with van der Waals surface area (Å²) in [5, 5.41) is 11.7. The first-order valence-corrected chi connectivity index (χ1v) is 5.31. The fourth-order valence-electron chi connectivity index (χ4n) is 0.857. The Kier molecular flexibility index (Phi) is 4.34. The van der Waals surface area contributed by atoms with E-state index in [-0.39, 0.29) is 21.5 Å². The average molecular weight is 289 g/mol. The topological polar surface area (TPSA) is 49.3 Å². The number of phenols is 1. The minimum absolute atomic E-state index is 0.0994. The summed E-state index contributed by atoms with van der Waals surface area (Å²) in [5.74, 6) is -0.746. The van der Waals surface area contributed by atoms with Gasteiger partial charge in [-0.15, -0.1) is 0 Å². The van der Waals surface area contributed by atoms with Crippen LogP contribution in [0.5, 0.6) is 5.75 Å². The Morgan fingerprint density at radius 2 is 1.73 bits per heavy atom. The van der Waals surface area contributed by atoms with Crippen molar-refractivity contribution >= 4 is 58.0 Å². The summed E-state index contributed by atoms with van der Waals surface area (Å²) in [7, 11) is 0. The predicted molar refractivity (Wildman–Crippen MR) is 62.3 cm³/mol. The molecule has 15 heavy (non-hydrogen) atoms. The molecule has 0 bridgehead atoms. The second kappa shape index (κ2) is 5.12. The van der Waals surface area contributed by atoms with Crippen molar-refractivity contribution in [3.05, 3.63) is 22.2 Å². The van der Waals surface area contributed by atoms with E-state index < -0.39 is 10.7 Å². The van der Waals surface area contributed by atoms with Gasteiger partial charge in [0.15, 0.2) is 4.84 Å². The summed E-state index contributed by atoms with van der Waals surface area (Å²) in [5.41, 5.74) is 0.160. The molecule has 0 saturated carbocycles. The summed E-state index contributed by atoms with van der Waals surface area (Å²) in [6, 6.07) is 2.47. The molecule has 1 rings (SSSR count). The van der Waals surface area contributed by atoms with E-state index in [1.807, 2.05) is 0 Å². The van der Waals surface area contributed by atoms with Crippen molar-refractivity contribution in [2.45, 2.75) is 4.84 Å². The van der Waals surface area contributed by atoms with Crippen LogP contribution in [0.2, 0.25) is 10.0 Å². The maximum atomic E-state index is 11.1. The highest BCUT2D eigenvalue weighted by molar-refractivity contribution is 6.55. The molecule has 3 nitrogen and oxygen atoms in total. The quantitative estimate of drug-likeness (QED) is 0.647. The number of aromatic hydroxyl groups is 1. The summed E-state index contributed by atoms with van der Waals surface area (Å²) >= 11 is 22.1. The van der Waals surface area contributed by atoms with Crippen molar-refractivity contribution < 1.29 is 9.90 Å². The number of alkyl halides is 2. The third kappa shape index (κ3) is 3.31. The largest absolute Gasteiger partial charge is 0.508 e. The number of hydrogen-bond donors (Lipinski definition) is 2. The highest BCUT2D eigenvalue weighted by Crippen LogP contribution is 2.34. The van der Waals surface area contributed by atoms with E-state index in [0.717, 1.165) is 0 Å². The number of nitrogens with one attached hydrogen (secondary N) is 1. The summed E-state index contributed by atoms with van der Waals surface area (Å²) in [6.45, 7) is 0. The Labute approximate surface area is 106 Å². The molecule has 0 aliphatic carbocycles. The third-order valence-corrected chi connectivity index (χ3v) is 2.47. The molecule has 0 atom stereocenters. The first-order valence-electron chi connectivity index (χ1n) is 3.69. The molecule has 0 spiro atoms. The molecule has 0 heterocycles. The van der Waals surface area contributed by atoms with Crippen molar-refractivity contribution in [2.24, 2.45) is 0 Å². The number of hydrogen-bond acceptors (Lipinski definition) is 2. The molecule has 0 fully saturated rings. The first kappa shape index (κ1) is 12.7. The highest BCUT2D eigenvalue weighted by atomic mass is 35.5. The molecule has 1 aromatic rings. The lowest BCUT2D eigenvalue weighted by atomic mass is 10.3. The van der Waals surface area contributed by atoms with Gasteiger partial charge in [-0.1, -0.05) is 46.4 Å². The van der Waals surface area contributed by atoms with E-state index >= 15 is 0 Å². The molecule has 2 N–H and O–H groups in total. The van der Waals surface area contributed by atoms with Crippen molar-refractivity contribution in [3.63, 3.8) is 0 Å². The maximum Gasteiger partial charge on any atom is 0.257 e. The van der Waals surface area contributed by atoms with Crippen LogP contribution < -0.4 is 5.32 Å². The van der Waals surface area contributed by atoms with Crippen LogP contribution in [-0.2, 0) is 4.79 Å². The standard InChI is InChI=1S/C8H5Cl4NO2/c9-4-1-3(14)2-5(10)6(4)13-8(15)7(11)12/h1-2,7,14H,(H,13,15). The van der Waals surface area contributed by atoms with Gasteiger partial charge >= 0.3 is 0 Å². The van der Waals surface area contributed by atoms with Crippen molar-refractivity contribution in [2.75, 3.05) is 5.32 Å². The number of rotatable bonds is 2. The number of benzene rings is 1. The van der Waals surface area contributed by atoms with Gasteiger partial charge in [-0.25, -0.2) is 0 Å². The van der Waals surface area contributed by atoms with Gasteiger partial charge in [0.25, 0.3) is 5.91 Å². The van der Waals surface area contributed by atoms with E-state index in [0.29, 0.717) is 0 Å². The second-order valence-corrected chi connectivity index (χ2v) is 4.49. The summed E-state index contributed by atoms with van der Waals surface area (Å²) in [4.78, 5) is 9.93. The fraction of sp³-hybridized carbons (Fsp3) is 0.125. The number of carbonyl (C=O) groups is 1. The number of phenolic OH excluding ortho intramolecular Hbond substituents is 1. The summed E-state index contributed by atoms with van der Waals surface area (Å²) < 4.78 is 0. The molecular formula is C8H5Cl4NO2. The first-order chi connectivity index (χ1) is 6.91. The average Bonchev–Trinajstić information content (AvgIpc) is 2.10. The molecular weight excluding hydrogens is 284 g/mol.